The molecule has 0 bridgehead atoms. The fraction of sp³-hybridized carbons (Fsp3) is 0.150. The van der Waals surface area contributed by atoms with Crippen LogP contribution in [-0.2, 0) is 9.84 Å². The SMILES string of the molecule is CC(C)S(=O)(=O)c1ccc(C(=O)Nc2nnc(-c3cc4ccccc4o3)o2)cc1. The number of hydrogen-bond acceptors (Lipinski definition) is 7. The third-order valence-corrected chi connectivity index (χ3v) is 6.52. The average Bonchev–Trinajstić information content (AvgIpc) is 3.34. The molecular formula is C20H17N3O5S. The van der Waals surface area contributed by atoms with Crippen LogP contribution in [0.15, 0.2) is 68.3 Å². The van der Waals surface area contributed by atoms with Gasteiger partial charge in [0.25, 0.3) is 11.8 Å². The van der Waals surface area contributed by atoms with Gasteiger partial charge in [-0.3, -0.25) is 10.1 Å². The molecule has 0 aliphatic carbocycles. The minimum atomic E-state index is -3.40. The van der Waals surface area contributed by atoms with Gasteiger partial charge >= 0.3 is 6.01 Å². The summed E-state index contributed by atoms with van der Waals surface area (Å²) in [5, 5.41) is 10.5. The Morgan fingerprint density at radius 3 is 2.41 bits per heavy atom. The van der Waals surface area contributed by atoms with Crippen molar-refractivity contribution >= 4 is 32.7 Å². The van der Waals surface area contributed by atoms with Crippen LogP contribution in [0.3, 0.4) is 0 Å². The maximum absolute atomic E-state index is 12.4. The number of anilines is 1. The molecule has 9 heteroatoms. The average molecular weight is 411 g/mol. The number of sulfone groups is 1. The summed E-state index contributed by atoms with van der Waals surface area (Å²) < 4.78 is 35.4. The lowest BCUT2D eigenvalue weighted by Gasteiger charge is -2.08. The van der Waals surface area contributed by atoms with E-state index in [4.69, 9.17) is 8.83 Å². The smallest absolute Gasteiger partial charge is 0.322 e. The number of hydrogen-bond donors (Lipinski definition) is 1. The van der Waals surface area contributed by atoms with Gasteiger partial charge in [0.1, 0.15) is 5.58 Å². The number of benzene rings is 2. The second kappa shape index (κ2) is 7.17. The largest absolute Gasteiger partial charge is 0.451 e. The van der Waals surface area contributed by atoms with Crippen molar-refractivity contribution in [2.75, 3.05) is 5.32 Å². The number of amides is 1. The number of carbonyl (C=O) groups is 1. The van der Waals surface area contributed by atoms with Crippen LogP contribution in [0.1, 0.15) is 24.2 Å². The fourth-order valence-electron chi connectivity index (χ4n) is 2.70. The summed E-state index contributed by atoms with van der Waals surface area (Å²) >= 11 is 0. The Kier molecular flexibility index (Phi) is 4.67. The van der Waals surface area contributed by atoms with Gasteiger partial charge in [-0.25, -0.2) is 8.42 Å². The highest BCUT2D eigenvalue weighted by atomic mass is 32.2. The molecule has 4 rings (SSSR count). The summed E-state index contributed by atoms with van der Waals surface area (Å²) in [6, 6.07) is 14.8. The van der Waals surface area contributed by atoms with Gasteiger partial charge in [-0.15, -0.1) is 5.10 Å². The first-order chi connectivity index (χ1) is 13.8. The molecule has 0 radical (unpaired) electrons. The van der Waals surface area contributed by atoms with Gasteiger partial charge < -0.3 is 8.83 Å². The van der Waals surface area contributed by atoms with Gasteiger partial charge in [0, 0.05) is 10.9 Å². The Bertz CT molecular complexity index is 1250. The van der Waals surface area contributed by atoms with E-state index in [2.05, 4.69) is 15.5 Å². The monoisotopic (exact) mass is 411 g/mol. The minimum Gasteiger partial charge on any atom is -0.451 e. The van der Waals surface area contributed by atoms with Crippen LogP contribution in [-0.4, -0.2) is 29.8 Å². The van der Waals surface area contributed by atoms with E-state index in [9.17, 15) is 13.2 Å². The van der Waals surface area contributed by atoms with Gasteiger partial charge in [0.05, 0.1) is 10.1 Å². The summed E-state index contributed by atoms with van der Waals surface area (Å²) in [5.74, 6) is 0.0237. The first kappa shape index (κ1) is 18.9. The zero-order valence-corrected chi connectivity index (χ0v) is 16.4. The van der Waals surface area contributed by atoms with E-state index in [1.54, 1.807) is 19.9 Å². The zero-order chi connectivity index (χ0) is 20.6. The van der Waals surface area contributed by atoms with Crippen LogP contribution in [0.25, 0.3) is 22.6 Å². The number of nitrogens with zero attached hydrogens (tertiary/aromatic N) is 2. The highest BCUT2D eigenvalue weighted by Gasteiger charge is 2.20. The van der Waals surface area contributed by atoms with Gasteiger partial charge in [-0.05, 0) is 50.2 Å². The lowest BCUT2D eigenvalue weighted by atomic mass is 10.2. The van der Waals surface area contributed by atoms with Crippen LogP contribution in [0.5, 0.6) is 0 Å². The summed E-state index contributed by atoms with van der Waals surface area (Å²) in [4.78, 5) is 12.5. The molecule has 2 heterocycles. The minimum absolute atomic E-state index is 0.0932. The number of fused-ring (bicyclic) bond motifs is 1. The molecule has 2 aromatic carbocycles. The van der Waals surface area contributed by atoms with E-state index in [0.717, 1.165) is 5.39 Å². The van der Waals surface area contributed by atoms with Gasteiger partial charge in [0.15, 0.2) is 15.6 Å². The normalized spacial score (nSPS) is 11.8. The van der Waals surface area contributed by atoms with E-state index < -0.39 is 21.0 Å². The Hall–Kier alpha value is -3.46. The molecule has 1 N–H and O–H groups in total. The summed E-state index contributed by atoms with van der Waals surface area (Å²) in [6.07, 6.45) is 0. The zero-order valence-electron chi connectivity index (χ0n) is 15.6. The van der Waals surface area contributed by atoms with E-state index in [-0.39, 0.29) is 22.4 Å². The molecule has 0 aliphatic heterocycles. The van der Waals surface area contributed by atoms with Crippen molar-refractivity contribution in [1.82, 2.24) is 10.2 Å². The third kappa shape index (κ3) is 3.64. The molecule has 0 aliphatic rings. The second-order valence-electron chi connectivity index (χ2n) is 6.63. The number of nitrogens with one attached hydrogen (secondary N) is 1. The molecule has 2 aromatic heterocycles. The van der Waals surface area contributed by atoms with Crippen molar-refractivity contribution in [2.45, 2.75) is 24.0 Å². The van der Waals surface area contributed by atoms with Crippen LogP contribution in [0.4, 0.5) is 6.01 Å². The first-order valence-corrected chi connectivity index (χ1v) is 10.4. The van der Waals surface area contributed by atoms with Crippen LogP contribution < -0.4 is 5.32 Å². The topological polar surface area (TPSA) is 115 Å². The molecule has 0 fully saturated rings. The first-order valence-electron chi connectivity index (χ1n) is 8.82. The van der Waals surface area contributed by atoms with Crippen molar-refractivity contribution in [3.05, 3.63) is 60.2 Å². The number of para-hydroxylation sites is 1. The van der Waals surface area contributed by atoms with Crippen LogP contribution in [0, 0.1) is 0 Å². The van der Waals surface area contributed by atoms with E-state index in [1.165, 1.54) is 24.3 Å². The van der Waals surface area contributed by atoms with Crippen molar-refractivity contribution in [2.24, 2.45) is 0 Å². The highest BCUT2D eigenvalue weighted by Crippen LogP contribution is 2.27. The van der Waals surface area contributed by atoms with Gasteiger partial charge in [-0.2, -0.15) is 0 Å². The number of carbonyl (C=O) groups excluding carboxylic acids is 1. The lowest BCUT2D eigenvalue weighted by Crippen LogP contribution is -2.15. The van der Waals surface area contributed by atoms with E-state index in [0.29, 0.717) is 11.3 Å². The summed E-state index contributed by atoms with van der Waals surface area (Å²) in [5.41, 5.74) is 0.943. The maximum atomic E-state index is 12.4. The van der Waals surface area contributed by atoms with Crippen molar-refractivity contribution in [3.63, 3.8) is 0 Å². The molecule has 0 atom stereocenters. The number of furan rings is 1. The van der Waals surface area contributed by atoms with Crippen LogP contribution in [0.2, 0.25) is 0 Å². The molecule has 0 unspecified atom stereocenters. The number of aromatic nitrogens is 2. The molecular weight excluding hydrogens is 394 g/mol. The lowest BCUT2D eigenvalue weighted by molar-refractivity contribution is 0.102. The van der Waals surface area contributed by atoms with E-state index in [1.807, 2.05) is 24.3 Å². The third-order valence-electron chi connectivity index (χ3n) is 4.35. The number of rotatable bonds is 5. The standard InChI is InChI=1S/C20H17N3O5S/c1-12(2)29(25,26)15-9-7-13(8-10-15)18(24)21-20-23-22-19(28-20)17-11-14-5-3-4-6-16(14)27-17/h3-12H,1-2H3,(H,21,23,24). The molecule has 4 aromatic rings. The fourth-order valence-corrected chi connectivity index (χ4v) is 3.76. The molecule has 0 spiro atoms. The van der Waals surface area contributed by atoms with Crippen LogP contribution >= 0.6 is 0 Å². The predicted octanol–water partition coefficient (Wildman–Crippen LogP) is 3.92. The van der Waals surface area contributed by atoms with Crippen molar-refractivity contribution in [1.29, 1.82) is 0 Å². The summed E-state index contributed by atoms with van der Waals surface area (Å²) in [7, 11) is -3.40. The highest BCUT2D eigenvalue weighted by molar-refractivity contribution is 7.92. The molecule has 0 saturated carbocycles. The van der Waals surface area contributed by atoms with Gasteiger partial charge in [0.2, 0.25) is 0 Å². The van der Waals surface area contributed by atoms with E-state index >= 15 is 0 Å². The van der Waals surface area contributed by atoms with Gasteiger partial charge in [-0.1, -0.05) is 23.3 Å². The Morgan fingerprint density at radius 2 is 1.72 bits per heavy atom. The Labute approximate surface area is 166 Å². The van der Waals surface area contributed by atoms with Crippen molar-refractivity contribution in [3.8, 4) is 11.7 Å². The summed E-state index contributed by atoms with van der Waals surface area (Å²) in [6.45, 7) is 3.20. The molecule has 148 valence electrons. The Morgan fingerprint density at radius 1 is 1.00 bits per heavy atom. The Balaban J connectivity index is 1.50. The molecule has 29 heavy (non-hydrogen) atoms. The molecule has 1 amide bonds. The molecule has 0 saturated heterocycles. The van der Waals surface area contributed by atoms with Crippen molar-refractivity contribution < 1.29 is 22.0 Å². The maximum Gasteiger partial charge on any atom is 0.322 e. The quantitative estimate of drug-likeness (QED) is 0.529. The predicted molar refractivity (Wildman–Crippen MR) is 106 cm³/mol. The molecule has 8 nitrogen and oxygen atoms in total. The second-order valence-corrected chi connectivity index (χ2v) is 9.14.